The van der Waals surface area contributed by atoms with Crippen LogP contribution in [0.25, 0.3) is 0 Å². The average Bonchev–Trinajstić information content (AvgIpc) is 2.88. The maximum Gasteiger partial charge on any atom is 0.352 e. The van der Waals surface area contributed by atoms with Gasteiger partial charge in [-0.15, -0.1) is 0 Å². The van der Waals surface area contributed by atoms with Crippen LogP contribution in [0.3, 0.4) is 0 Å². The third-order valence-corrected chi connectivity index (χ3v) is 5.63. The molecule has 184 valence electrons. The summed E-state index contributed by atoms with van der Waals surface area (Å²) in [4.78, 5) is 12.6. The second kappa shape index (κ2) is 10.3. The van der Waals surface area contributed by atoms with Crippen LogP contribution in [0.5, 0.6) is 28.7 Å². The molecular formula is C27H23FN2O6. The molecule has 4 rings (SSSR count). The van der Waals surface area contributed by atoms with Gasteiger partial charge >= 0.3 is 5.97 Å². The van der Waals surface area contributed by atoms with Crippen molar-refractivity contribution >= 4 is 5.97 Å². The van der Waals surface area contributed by atoms with Crippen molar-refractivity contribution < 1.29 is 32.9 Å². The Bertz CT molecular complexity index is 1380. The van der Waals surface area contributed by atoms with Crippen molar-refractivity contribution in [2.45, 2.75) is 18.9 Å². The van der Waals surface area contributed by atoms with E-state index >= 15 is 0 Å². The molecule has 8 nitrogen and oxygen atoms in total. The highest BCUT2D eigenvalue weighted by molar-refractivity contribution is 5.77. The molecule has 1 aliphatic rings. The molecule has 0 bridgehead atoms. The highest BCUT2D eigenvalue weighted by Crippen LogP contribution is 2.46. The maximum absolute atomic E-state index is 13.9. The number of hydrogen-bond donors (Lipinski definition) is 1. The lowest BCUT2D eigenvalue weighted by Gasteiger charge is -2.28. The Labute approximate surface area is 207 Å². The van der Waals surface area contributed by atoms with E-state index in [2.05, 4.69) is 6.07 Å². The lowest BCUT2D eigenvalue weighted by Crippen LogP contribution is -2.29. The number of nitrogens with two attached hydrogens (primary N) is 1. The number of nitriles is 1. The van der Waals surface area contributed by atoms with E-state index < -0.39 is 23.8 Å². The number of benzene rings is 3. The number of ether oxygens (including phenoxy) is 5. The van der Waals surface area contributed by atoms with E-state index in [9.17, 15) is 14.4 Å². The zero-order valence-corrected chi connectivity index (χ0v) is 19.8. The van der Waals surface area contributed by atoms with E-state index in [0.717, 1.165) is 0 Å². The number of halogens is 1. The summed E-state index contributed by atoms with van der Waals surface area (Å²) in [6, 6.07) is 17.9. The molecule has 3 aromatic carbocycles. The first-order valence-electron chi connectivity index (χ1n) is 10.9. The molecule has 0 radical (unpaired) electrons. The smallest absolute Gasteiger partial charge is 0.352 e. The van der Waals surface area contributed by atoms with Gasteiger partial charge in [0.25, 0.3) is 0 Å². The van der Waals surface area contributed by atoms with Crippen LogP contribution in [-0.2, 0) is 4.79 Å². The Balaban J connectivity index is 1.64. The predicted octanol–water partition coefficient (Wildman–Crippen LogP) is 4.43. The Morgan fingerprint density at radius 1 is 1.03 bits per heavy atom. The van der Waals surface area contributed by atoms with Crippen LogP contribution in [0, 0.1) is 17.1 Å². The Morgan fingerprint density at radius 3 is 2.47 bits per heavy atom. The van der Waals surface area contributed by atoms with Gasteiger partial charge in [-0.05, 0) is 43.3 Å². The molecule has 0 amide bonds. The highest BCUT2D eigenvalue weighted by Gasteiger charge is 2.33. The zero-order valence-electron chi connectivity index (χ0n) is 19.8. The van der Waals surface area contributed by atoms with E-state index in [4.69, 9.17) is 29.4 Å². The van der Waals surface area contributed by atoms with Crippen LogP contribution in [0.2, 0.25) is 0 Å². The number of rotatable bonds is 7. The molecule has 1 heterocycles. The van der Waals surface area contributed by atoms with Crippen LogP contribution < -0.4 is 29.4 Å². The number of fused-ring (bicyclic) bond motifs is 1. The number of esters is 1. The fourth-order valence-corrected chi connectivity index (χ4v) is 3.86. The number of carbonyl (C=O) groups is 1. The molecular weight excluding hydrogens is 467 g/mol. The summed E-state index contributed by atoms with van der Waals surface area (Å²) in [5.41, 5.74) is 7.56. The van der Waals surface area contributed by atoms with Crippen molar-refractivity contribution in [3.05, 3.63) is 89.1 Å². The van der Waals surface area contributed by atoms with Crippen molar-refractivity contribution in [2.24, 2.45) is 5.73 Å². The third kappa shape index (κ3) is 4.74. The number of allylic oxidation sites excluding steroid dienone is 1. The van der Waals surface area contributed by atoms with Crippen molar-refractivity contribution in [2.75, 3.05) is 14.2 Å². The second-order valence-electron chi connectivity index (χ2n) is 7.84. The largest absolute Gasteiger partial charge is 0.497 e. The van der Waals surface area contributed by atoms with Gasteiger partial charge in [-0.3, -0.25) is 0 Å². The van der Waals surface area contributed by atoms with Gasteiger partial charge < -0.3 is 29.4 Å². The zero-order chi connectivity index (χ0) is 25.8. The molecule has 1 aliphatic heterocycles. The molecule has 0 spiro atoms. The summed E-state index contributed by atoms with van der Waals surface area (Å²) in [5, 5.41) is 9.83. The Morgan fingerprint density at radius 2 is 1.78 bits per heavy atom. The Kier molecular flexibility index (Phi) is 6.97. The van der Waals surface area contributed by atoms with Crippen molar-refractivity contribution in [3.8, 4) is 34.8 Å². The minimum absolute atomic E-state index is 0.0623. The number of nitrogens with zero attached hydrogens (tertiary/aromatic N) is 1. The first-order valence-corrected chi connectivity index (χ1v) is 10.9. The molecule has 2 N–H and O–H groups in total. The lowest BCUT2D eigenvalue weighted by molar-refractivity contribution is -0.141. The second-order valence-corrected chi connectivity index (χ2v) is 7.84. The fraction of sp³-hybridized carbons (Fsp3) is 0.185. The van der Waals surface area contributed by atoms with Gasteiger partial charge in [-0.1, -0.05) is 18.2 Å². The Hall–Kier alpha value is -4.71. The standard InChI is InChI=1S/C27H23FN2O6/c1-15(34-23-7-5-4-6-21(23)28)27(31)35-17-8-10-18-24(13-17)36-26(30)20(14-29)25(18)19-12-16(32-2)9-11-22(19)33-3/h4-13,15,25H,30H2,1-3H3. The summed E-state index contributed by atoms with van der Waals surface area (Å²) in [7, 11) is 3.06. The minimum atomic E-state index is -1.08. The third-order valence-electron chi connectivity index (χ3n) is 5.63. The van der Waals surface area contributed by atoms with Crippen LogP contribution in [0.1, 0.15) is 24.0 Å². The molecule has 0 saturated heterocycles. The molecule has 2 atom stereocenters. The van der Waals surface area contributed by atoms with Gasteiger partial charge in [0.05, 0.1) is 20.1 Å². The van der Waals surface area contributed by atoms with Crippen LogP contribution in [-0.4, -0.2) is 26.3 Å². The van der Waals surface area contributed by atoms with Crippen molar-refractivity contribution in [3.63, 3.8) is 0 Å². The molecule has 3 aromatic rings. The molecule has 0 saturated carbocycles. The van der Waals surface area contributed by atoms with Gasteiger partial charge in [0.1, 0.15) is 34.6 Å². The molecule has 0 aliphatic carbocycles. The average molecular weight is 490 g/mol. The van der Waals surface area contributed by atoms with Crippen LogP contribution >= 0.6 is 0 Å². The van der Waals surface area contributed by atoms with Gasteiger partial charge in [-0.2, -0.15) is 5.26 Å². The monoisotopic (exact) mass is 490 g/mol. The SMILES string of the molecule is COc1ccc(OC)c(C2C(C#N)=C(N)Oc3cc(OC(=O)C(C)Oc4ccccc4F)ccc32)c1. The topological polar surface area (TPSA) is 113 Å². The van der Waals surface area contributed by atoms with Crippen LogP contribution in [0.15, 0.2) is 72.1 Å². The first kappa shape index (κ1) is 24.4. The highest BCUT2D eigenvalue weighted by atomic mass is 19.1. The predicted molar refractivity (Wildman–Crippen MR) is 127 cm³/mol. The summed E-state index contributed by atoms with van der Waals surface area (Å²) < 4.78 is 41.3. The summed E-state index contributed by atoms with van der Waals surface area (Å²) in [6.45, 7) is 1.45. The maximum atomic E-state index is 13.9. The summed E-state index contributed by atoms with van der Waals surface area (Å²) in [5.74, 6) is -0.520. The van der Waals surface area contributed by atoms with Gasteiger partial charge in [0.2, 0.25) is 5.88 Å². The van der Waals surface area contributed by atoms with Gasteiger partial charge in [-0.25, -0.2) is 9.18 Å². The number of carbonyl (C=O) groups excluding carboxylic acids is 1. The number of para-hydroxylation sites is 1. The molecule has 0 fully saturated rings. The molecule has 2 unspecified atom stereocenters. The van der Waals surface area contributed by atoms with E-state index in [1.54, 1.807) is 36.4 Å². The molecule has 36 heavy (non-hydrogen) atoms. The lowest BCUT2D eigenvalue weighted by atomic mass is 9.83. The fourth-order valence-electron chi connectivity index (χ4n) is 3.86. The first-order chi connectivity index (χ1) is 17.4. The van der Waals surface area contributed by atoms with Crippen LogP contribution in [0.4, 0.5) is 4.39 Å². The quantitative estimate of drug-likeness (QED) is 0.382. The molecule has 9 heteroatoms. The van der Waals surface area contributed by atoms with E-state index in [-0.39, 0.29) is 23.0 Å². The summed E-state index contributed by atoms with van der Waals surface area (Å²) >= 11 is 0. The van der Waals surface area contributed by atoms with Gasteiger partial charge in [0.15, 0.2) is 17.7 Å². The van der Waals surface area contributed by atoms with E-state index in [0.29, 0.717) is 28.4 Å². The molecule has 0 aromatic heterocycles. The van der Waals surface area contributed by atoms with Crippen molar-refractivity contribution in [1.29, 1.82) is 5.26 Å². The number of hydrogen-bond acceptors (Lipinski definition) is 8. The summed E-state index contributed by atoms with van der Waals surface area (Å²) in [6.07, 6.45) is -1.08. The normalized spacial score (nSPS) is 15.1. The minimum Gasteiger partial charge on any atom is -0.497 e. The van der Waals surface area contributed by atoms with Gasteiger partial charge in [0, 0.05) is 17.2 Å². The van der Waals surface area contributed by atoms with E-state index in [1.807, 2.05) is 0 Å². The number of methoxy groups -OCH3 is 2. The van der Waals surface area contributed by atoms with E-state index in [1.165, 1.54) is 45.4 Å². The van der Waals surface area contributed by atoms with Crippen molar-refractivity contribution in [1.82, 2.24) is 0 Å².